The molecule has 1 aromatic carbocycles. The van der Waals surface area contributed by atoms with E-state index in [4.69, 9.17) is 0 Å². The molecule has 1 aromatic heterocycles. The van der Waals surface area contributed by atoms with E-state index in [9.17, 15) is 23.1 Å². The van der Waals surface area contributed by atoms with E-state index in [1.54, 1.807) is 7.05 Å². The molecule has 0 fully saturated rings. The first kappa shape index (κ1) is 21.9. The summed E-state index contributed by atoms with van der Waals surface area (Å²) in [6.45, 7) is -0.491. The van der Waals surface area contributed by atoms with Gasteiger partial charge in [0.05, 0.1) is 17.2 Å². The highest BCUT2D eigenvalue weighted by atomic mass is 32.3. The number of aryl methyl sites for hydroxylation is 1. The van der Waals surface area contributed by atoms with Gasteiger partial charge in [0, 0.05) is 34.1 Å². The molecule has 0 aliphatic heterocycles. The van der Waals surface area contributed by atoms with Gasteiger partial charge in [-0.1, -0.05) is 0 Å². The predicted molar refractivity (Wildman–Crippen MR) is 93.6 cm³/mol. The first-order chi connectivity index (χ1) is 12.2. The van der Waals surface area contributed by atoms with Gasteiger partial charge in [-0.25, -0.2) is 8.42 Å². The zero-order valence-corrected chi connectivity index (χ0v) is 15.5. The van der Waals surface area contributed by atoms with E-state index in [0.29, 0.717) is 0 Å². The second kappa shape index (κ2) is 9.02. The zero-order chi connectivity index (χ0) is 19.3. The van der Waals surface area contributed by atoms with Gasteiger partial charge in [0.2, 0.25) is 10.4 Å². The summed E-state index contributed by atoms with van der Waals surface area (Å²) >= 11 is 0. The molecule has 0 aliphatic rings. The summed E-state index contributed by atoms with van der Waals surface area (Å²) in [5.41, 5.74) is 0.140. The minimum absolute atomic E-state index is 0. The summed E-state index contributed by atoms with van der Waals surface area (Å²) in [5.74, 6) is 0.227. The van der Waals surface area contributed by atoms with Crippen LogP contribution in [0.15, 0.2) is 34.8 Å². The van der Waals surface area contributed by atoms with Gasteiger partial charge < -0.3 is 14.0 Å². The van der Waals surface area contributed by atoms with Gasteiger partial charge >= 0.3 is 0 Å². The monoisotopic (exact) mass is 399 g/mol. The molecule has 0 aliphatic carbocycles. The molecule has 13 nitrogen and oxygen atoms in total. The topological polar surface area (TPSA) is 168 Å². The second-order valence-corrected chi connectivity index (χ2v) is 6.08. The third-order valence-corrected chi connectivity index (χ3v) is 3.62. The van der Waals surface area contributed by atoms with Crippen molar-refractivity contribution in [2.45, 2.75) is 0 Å². The maximum atomic E-state index is 11.3. The van der Waals surface area contributed by atoms with E-state index in [0.717, 1.165) is 0 Å². The van der Waals surface area contributed by atoms with Crippen molar-refractivity contribution < 1.29 is 22.1 Å². The molecule has 146 valence electrons. The van der Waals surface area contributed by atoms with Crippen LogP contribution in [-0.2, 0) is 21.6 Å². The Morgan fingerprint density at radius 1 is 1.37 bits per heavy atom. The fourth-order valence-electron chi connectivity index (χ4n) is 1.91. The molecule has 0 saturated carbocycles. The van der Waals surface area contributed by atoms with Gasteiger partial charge in [-0.2, -0.15) is 0 Å². The Labute approximate surface area is 155 Å². The molecule has 0 spiro atoms. The van der Waals surface area contributed by atoms with Crippen LogP contribution in [-0.4, -0.2) is 52.9 Å². The summed E-state index contributed by atoms with van der Waals surface area (Å²) in [4.78, 5) is 12.1. The van der Waals surface area contributed by atoms with Crippen LogP contribution in [0.5, 0.6) is 0 Å². The van der Waals surface area contributed by atoms with Crippen LogP contribution < -0.4 is 4.90 Å². The standard InChI is InChI=1S/C12H15N7O6S.CH3/c1-17(5-6-25-26(22,23)24)10-4-3-9(7-11(10)19(20)21)14-16-12-15-13-8-18(12)2;/h3-4,7-8H,5-6H2,1-2H3,(H,22,23,24);1H3/q;+1/p-1. The smallest absolute Gasteiger partial charge is 0.294 e. The Balaban J connectivity index is 0.00000364. The predicted octanol–water partition coefficient (Wildman–Crippen LogP) is 1.50. The number of nitrogens with zero attached hydrogens (tertiary/aromatic N) is 7. The summed E-state index contributed by atoms with van der Waals surface area (Å²) in [7, 11) is -1.66. The molecule has 0 atom stereocenters. The number of nitro groups is 1. The minimum atomic E-state index is -4.82. The third kappa shape index (κ3) is 6.28. The third-order valence-electron chi connectivity index (χ3n) is 3.16. The maximum Gasteiger partial charge on any atom is 0.294 e. The molecule has 0 unspecified atom stereocenters. The highest BCUT2D eigenvalue weighted by Gasteiger charge is 2.18. The normalized spacial score (nSPS) is 11.4. The van der Waals surface area contributed by atoms with Crippen LogP contribution in [0.1, 0.15) is 0 Å². The Hall–Kier alpha value is -3.10. The molecular formula is C13H17N7O6S. The fraction of sp³-hybridized carbons (Fsp3) is 0.308. The van der Waals surface area contributed by atoms with Gasteiger partial charge in [0.1, 0.15) is 12.0 Å². The van der Waals surface area contributed by atoms with E-state index in [1.807, 2.05) is 0 Å². The van der Waals surface area contributed by atoms with Gasteiger partial charge in [0.15, 0.2) is 0 Å². The molecule has 0 bridgehead atoms. The van der Waals surface area contributed by atoms with Crippen LogP contribution in [0, 0.1) is 17.5 Å². The number of rotatable bonds is 8. The van der Waals surface area contributed by atoms with Crippen molar-refractivity contribution in [3.8, 4) is 0 Å². The first-order valence-corrected chi connectivity index (χ1v) is 8.36. The quantitative estimate of drug-likeness (QED) is 0.159. The number of benzene rings is 1. The van der Waals surface area contributed by atoms with Crippen molar-refractivity contribution in [1.82, 2.24) is 14.8 Å². The lowest BCUT2D eigenvalue weighted by Crippen LogP contribution is -2.24. The molecule has 2 rings (SSSR count). The molecule has 1 heterocycles. The van der Waals surface area contributed by atoms with Crippen molar-refractivity contribution in [3.63, 3.8) is 0 Å². The molecular weight excluding hydrogens is 382 g/mol. The van der Waals surface area contributed by atoms with Gasteiger partial charge in [-0.3, -0.25) is 14.3 Å². The number of likely N-dealkylation sites (N-methyl/N-ethyl adjacent to an activating group) is 1. The molecule has 0 radical (unpaired) electrons. The maximum absolute atomic E-state index is 11.3. The Bertz CT molecular complexity index is 927. The summed E-state index contributed by atoms with van der Waals surface area (Å²) in [5, 5.41) is 26.4. The lowest BCUT2D eigenvalue weighted by atomic mass is 10.2. The lowest BCUT2D eigenvalue weighted by molar-refractivity contribution is -0.384. The fourth-order valence-corrected chi connectivity index (χ4v) is 2.19. The van der Waals surface area contributed by atoms with Crippen LogP contribution in [0.2, 0.25) is 0 Å². The van der Waals surface area contributed by atoms with Crippen LogP contribution >= 0.6 is 0 Å². The molecule has 0 N–H and O–H groups in total. The van der Waals surface area contributed by atoms with E-state index >= 15 is 0 Å². The molecule has 14 heteroatoms. The Morgan fingerprint density at radius 2 is 2.07 bits per heavy atom. The first-order valence-electron chi connectivity index (χ1n) is 7.03. The number of nitro benzene ring substituents is 1. The zero-order valence-electron chi connectivity index (χ0n) is 14.7. The summed E-state index contributed by atoms with van der Waals surface area (Å²) in [6, 6.07) is 4.12. The Kier molecular flexibility index (Phi) is 7.33. The summed E-state index contributed by atoms with van der Waals surface area (Å²) in [6.07, 6.45) is 1.43. The van der Waals surface area contributed by atoms with Crippen molar-refractivity contribution >= 4 is 33.4 Å². The highest BCUT2D eigenvalue weighted by Crippen LogP contribution is 2.32. The highest BCUT2D eigenvalue weighted by molar-refractivity contribution is 7.80. The van der Waals surface area contributed by atoms with Crippen molar-refractivity contribution in [2.75, 3.05) is 25.1 Å². The van der Waals surface area contributed by atoms with Crippen LogP contribution in [0.3, 0.4) is 0 Å². The molecule has 27 heavy (non-hydrogen) atoms. The van der Waals surface area contributed by atoms with E-state index < -0.39 is 21.9 Å². The average Bonchev–Trinajstić information content (AvgIpc) is 2.96. The molecule has 0 saturated heterocycles. The average molecular weight is 399 g/mol. The SMILES string of the molecule is CN(CCOS(=O)(=O)[O-])c1ccc(N=Nc2nncn2C)cc1[N+](=O)[O-].[CH3+]. The van der Waals surface area contributed by atoms with E-state index in [2.05, 4.69) is 24.6 Å². The largest absolute Gasteiger partial charge is 0.726 e. The summed E-state index contributed by atoms with van der Waals surface area (Å²) < 4.78 is 36.9. The lowest BCUT2D eigenvalue weighted by Gasteiger charge is -2.19. The van der Waals surface area contributed by atoms with Crippen molar-refractivity contribution in [1.29, 1.82) is 0 Å². The second-order valence-electron chi connectivity index (χ2n) is 5.02. The Morgan fingerprint density at radius 3 is 2.63 bits per heavy atom. The van der Waals surface area contributed by atoms with E-state index in [-0.39, 0.29) is 37.0 Å². The molecule has 2 aromatic rings. The van der Waals surface area contributed by atoms with Gasteiger partial charge in [-0.15, -0.1) is 20.4 Å². The van der Waals surface area contributed by atoms with Crippen molar-refractivity contribution in [2.24, 2.45) is 17.3 Å². The molecule has 0 amide bonds. The van der Waals surface area contributed by atoms with E-state index in [1.165, 1.54) is 41.0 Å². The number of azo groups is 1. The number of aromatic nitrogens is 3. The number of hydrogen-bond acceptors (Lipinski definition) is 11. The van der Waals surface area contributed by atoms with Crippen LogP contribution in [0.25, 0.3) is 0 Å². The van der Waals surface area contributed by atoms with Gasteiger partial charge in [-0.05, 0) is 12.1 Å². The van der Waals surface area contributed by atoms with Crippen LogP contribution in [0.4, 0.5) is 23.0 Å². The van der Waals surface area contributed by atoms with Gasteiger partial charge in [0.25, 0.3) is 11.6 Å². The van der Waals surface area contributed by atoms with Crippen molar-refractivity contribution in [3.05, 3.63) is 42.1 Å². The number of anilines is 1. The number of hydrogen-bond donors (Lipinski definition) is 0. The minimum Gasteiger partial charge on any atom is -0.726 e.